The Kier molecular flexibility index (Phi) is 13.8. The summed E-state index contributed by atoms with van der Waals surface area (Å²) in [5, 5.41) is 0. The summed E-state index contributed by atoms with van der Waals surface area (Å²) < 4.78 is 17.5. The van der Waals surface area contributed by atoms with Crippen LogP contribution >= 0.6 is 0 Å². The third-order valence-corrected chi connectivity index (χ3v) is 9.87. The van der Waals surface area contributed by atoms with Crippen LogP contribution in [-0.4, -0.2) is 36.2 Å². The summed E-state index contributed by atoms with van der Waals surface area (Å²) in [5.41, 5.74) is -1.58. The minimum atomic E-state index is -0.798. The van der Waals surface area contributed by atoms with E-state index in [-0.39, 0.29) is 71.8 Å². The molecule has 0 aromatic heterocycles. The molecule has 4 aliphatic carbocycles. The predicted octanol–water partition coefficient (Wildman–Crippen LogP) is 8.39. The molecule has 230 valence electrons. The van der Waals surface area contributed by atoms with Gasteiger partial charge in [0.05, 0.1) is 16.7 Å². The average molecular weight is 555 g/mol. The Hall–Kier alpha value is -1.59. The van der Waals surface area contributed by atoms with Crippen LogP contribution in [0.25, 0.3) is 0 Å². The summed E-state index contributed by atoms with van der Waals surface area (Å²) in [6.45, 7) is 11.6. The van der Waals surface area contributed by atoms with Gasteiger partial charge in [0.1, 0.15) is 18.3 Å². The molecule has 5 rings (SSSR count). The van der Waals surface area contributed by atoms with Crippen molar-refractivity contribution in [3.05, 3.63) is 0 Å². The highest BCUT2D eigenvalue weighted by Crippen LogP contribution is 2.59. The zero-order valence-electron chi connectivity index (χ0n) is 22.6. The maximum atomic E-state index is 13.3. The second kappa shape index (κ2) is 14.3. The van der Waals surface area contributed by atoms with E-state index in [1.807, 2.05) is 41.5 Å². The van der Waals surface area contributed by atoms with Crippen molar-refractivity contribution >= 4 is 17.9 Å². The van der Waals surface area contributed by atoms with Crippen molar-refractivity contribution in [1.82, 2.24) is 0 Å². The predicted molar refractivity (Wildman–Crippen MR) is 159 cm³/mol. The van der Waals surface area contributed by atoms with Gasteiger partial charge in [0.15, 0.2) is 0 Å². The number of ether oxygens (including phenoxy) is 3. The molecule has 0 aromatic rings. The molecule has 1 saturated heterocycles. The lowest BCUT2D eigenvalue weighted by molar-refractivity contribution is -0.176. The molecule has 4 bridgehead atoms. The van der Waals surface area contributed by atoms with E-state index < -0.39 is 10.8 Å². The molecule has 4 saturated carbocycles. The number of esters is 3. The molecule has 0 amide bonds. The van der Waals surface area contributed by atoms with E-state index in [2.05, 4.69) is 0 Å². The number of hydrogen-bond donors (Lipinski definition) is 0. The second-order valence-electron chi connectivity index (χ2n) is 12.5. The van der Waals surface area contributed by atoms with E-state index in [9.17, 15) is 14.4 Å². The molecular weight excluding hydrogens is 492 g/mol. The molecule has 5 aliphatic rings. The standard InChI is InChI=1S/C27H40O6.C2H6.4CH4/c1-5-27(4,25(30)32-20-10-9-15-12-22(20)31-23(15)28)14-26(2,3)24(29)33-21-13-16-11-19(21)18-8-6-7-17(16)18;1-2;;;;/h15-22H,5-14H2,1-4H3;1-2H3;4*1H4. The molecule has 0 spiro atoms. The van der Waals surface area contributed by atoms with E-state index in [4.69, 9.17) is 14.2 Å². The lowest BCUT2D eigenvalue weighted by Gasteiger charge is -2.37. The maximum absolute atomic E-state index is 13.3. The van der Waals surface area contributed by atoms with Crippen LogP contribution in [0, 0.1) is 40.4 Å². The summed E-state index contributed by atoms with van der Waals surface area (Å²) in [5.74, 6) is 2.20. The zero-order chi connectivity index (χ0) is 25.5. The third kappa shape index (κ3) is 7.01. The quantitative estimate of drug-likeness (QED) is 0.232. The van der Waals surface area contributed by atoms with Crippen molar-refractivity contribution in [2.24, 2.45) is 40.4 Å². The lowest BCUT2D eigenvalue weighted by Crippen LogP contribution is -2.43. The van der Waals surface area contributed by atoms with Crippen molar-refractivity contribution in [1.29, 1.82) is 0 Å². The zero-order valence-corrected chi connectivity index (χ0v) is 22.6. The Labute approximate surface area is 240 Å². The molecule has 6 nitrogen and oxygen atoms in total. The van der Waals surface area contributed by atoms with Gasteiger partial charge in [-0.15, -0.1) is 0 Å². The second-order valence-corrected chi connectivity index (χ2v) is 12.5. The summed E-state index contributed by atoms with van der Waals surface area (Å²) in [6.07, 6.45) is 8.52. The van der Waals surface area contributed by atoms with Gasteiger partial charge in [0.2, 0.25) is 0 Å². The van der Waals surface area contributed by atoms with Gasteiger partial charge in [0.25, 0.3) is 0 Å². The van der Waals surface area contributed by atoms with Gasteiger partial charge >= 0.3 is 17.9 Å². The molecule has 1 aliphatic heterocycles. The van der Waals surface area contributed by atoms with Gasteiger partial charge in [-0.25, -0.2) is 0 Å². The van der Waals surface area contributed by atoms with Gasteiger partial charge < -0.3 is 14.2 Å². The molecule has 0 N–H and O–H groups in total. The maximum Gasteiger partial charge on any atom is 0.312 e. The van der Waals surface area contributed by atoms with Crippen molar-refractivity contribution in [2.75, 3.05) is 0 Å². The summed E-state index contributed by atoms with van der Waals surface area (Å²) >= 11 is 0. The van der Waals surface area contributed by atoms with Gasteiger partial charge in [-0.1, -0.05) is 56.9 Å². The minimum Gasteiger partial charge on any atom is -0.462 e. The van der Waals surface area contributed by atoms with E-state index in [0.29, 0.717) is 38.0 Å². The van der Waals surface area contributed by atoms with Crippen LogP contribution in [0.4, 0.5) is 0 Å². The minimum absolute atomic E-state index is 0. The van der Waals surface area contributed by atoms with Crippen LogP contribution in [-0.2, 0) is 28.6 Å². The van der Waals surface area contributed by atoms with E-state index in [1.54, 1.807) is 0 Å². The van der Waals surface area contributed by atoms with Crippen LogP contribution in [0.2, 0.25) is 0 Å². The first-order valence-corrected chi connectivity index (χ1v) is 14.2. The average Bonchev–Trinajstić information content (AvgIpc) is 3.59. The highest BCUT2D eigenvalue weighted by molar-refractivity contribution is 5.81. The number of rotatable bonds is 7. The monoisotopic (exact) mass is 554 g/mol. The number of carbonyl (C=O) groups is 3. The number of carbonyl (C=O) groups excluding carboxylic acids is 3. The normalized spacial score (nSPS) is 34.7. The van der Waals surface area contributed by atoms with Crippen molar-refractivity contribution in [3.63, 3.8) is 0 Å². The molecule has 1 heterocycles. The smallest absolute Gasteiger partial charge is 0.312 e. The van der Waals surface area contributed by atoms with Crippen LogP contribution in [0.1, 0.15) is 135 Å². The van der Waals surface area contributed by atoms with Crippen LogP contribution < -0.4 is 0 Å². The third-order valence-electron chi connectivity index (χ3n) is 9.87. The Balaban J connectivity index is 0.00000235. The van der Waals surface area contributed by atoms with Crippen LogP contribution in [0.5, 0.6) is 0 Å². The van der Waals surface area contributed by atoms with E-state index in [0.717, 1.165) is 24.2 Å². The first-order chi connectivity index (χ1) is 16.6. The molecule has 9 unspecified atom stereocenters. The first-order valence-electron chi connectivity index (χ1n) is 14.2. The Morgan fingerprint density at radius 1 is 0.821 bits per heavy atom. The molecule has 6 heteroatoms. The van der Waals surface area contributed by atoms with Crippen molar-refractivity contribution < 1.29 is 28.6 Å². The molecule has 39 heavy (non-hydrogen) atoms. The Bertz CT molecular complexity index is 821. The number of fused-ring (bicyclic) bond motifs is 7. The SMILES string of the molecule is C.C.C.C.CC.CCC(C)(CC(C)(C)C(=O)OC1CC2CC1C1CCCC21)C(=O)OC1CCC2CC1OC2=O. The van der Waals surface area contributed by atoms with Gasteiger partial charge in [-0.3, -0.25) is 14.4 Å². The fourth-order valence-electron chi connectivity index (χ4n) is 7.93. The lowest BCUT2D eigenvalue weighted by atomic mass is 9.72. The van der Waals surface area contributed by atoms with Crippen molar-refractivity contribution in [2.45, 2.75) is 154 Å². The highest BCUT2D eigenvalue weighted by atomic mass is 16.6. The largest absolute Gasteiger partial charge is 0.462 e. The molecule has 0 aromatic carbocycles. The van der Waals surface area contributed by atoms with E-state index >= 15 is 0 Å². The molecule has 9 atom stereocenters. The Morgan fingerprint density at radius 2 is 1.44 bits per heavy atom. The van der Waals surface area contributed by atoms with Gasteiger partial charge in [-0.2, -0.15) is 0 Å². The fraction of sp³-hybridized carbons (Fsp3) is 0.909. The Morgan fingerprint density at radius 3 is 2.08 bits per heavy atom. The summed E-state index contributed by atoms with van der Waals surface area (Å²) in [6, 6.07) is 0. The summed E-state index contributed by atoms with van der Waals surface area (Å²) in [7, 11) is 0. The fourth-order valence-corrected chi connectivity index (χ4v) is 7.93. The highest BCUT2D eigenvalue weighted by Gasteiger charge is 2.56. The van der Waals surface area contributed by atoms with Crippen LogP contribution in [0.15, 0.2) is 0 Å². The molecule has 0 radical (unpaired) electrons. The number of hydrogen-bond acceptors (Lipinski definition) is 6. The molecular formula is C33H62O6. The van der Waals surface area contributed by atoms with Crippen LogP contribution in [0.3, 0.4) is 0 Å². The van der Waals surface area contributed by atoms with Gasteiger partial charge in [0, 0.05) is 6.42 Å². The first kappa shape index (κ1) is 37.4. The summed E-state index contributed by atoms with van der Waals surface area (Å²) in [4.78, 5) is 38.4. The van der Waals surface area contributed by atoms with E-state index in [1.165, 1.54) is 25.7 Å². The molecule has 5 fully saturated rings. The topological polar surface area (TPSA) is 78.9 Å². The van der Waals surface area contributed by atoms with Gasteiger partial charge in [-0.05, 0) is 95.8 Å². The van der Waals surface area contributed by atoms with Crippen molar-refractivity contribution in [3.8, 4) is 0 Å².